The van der Waals surface area contributed by atoms with Crippen molar-refractivity contribution in [3.8, 4) is 6.07 Å². The Balaban J connectivity index is 2.91. The van der Waals surface area contributed by atoms with E-state index in [1.165, 1.54) is 0 Å². The minimum Gasteiger partial charge on any atom is -0.334 e. The quantitative estimate of drug-likeness (QED) is 0.858. The first-order chi connectivity index (χ1) is 7.35. The fourth-order valence-corrected chi connectivity index (χ4v) is 1.29. The van der Waals surface area contributed by atoms with Gasteiger partial charge in [0.05, 0.1) is 6.07 Å². The maximum Gasteiger partial charge on any atom is 0.252 e. The van der Waals surface area contributed by atoms with E-state index in [0.717, 1.165) is 5.56 Å². The van der Waals surface area contributed by atoms with Crippen LogP contribution in [-0.2, 0) is 0 Å². The zero-order valence-corrected chi connectivity index (χ0v) is 10.2. The van der Waals surface area contributed by atoms with Crippen molar-refractivity contribution in [2.24, 2.45) is 0 Å². The number of rotatable bonds is 2. The summed E-state index contributed by atoms with van der Waals surface area (Å²) in [6.45, 7) is 5.12. The Morgan fingerprint density at radius 3 is 2.62 bits per heavy atom. The first-order valence-electron chi connectivity index (χ1n) is 4.85. The van der Waals surface area contributed by atoms with E-state index in [-0.39, 0.29) is 5.91 Å². The molecule has 0 radical (unpaired) electrons. The molecule has 0 bridgehead atoms. The molecule has 1 amide bonds. The van der Waals surface area contributed by atoms with E-state index in [1.54, 1.807) is 32.0 Å². The summed E-state index contributed by atoms with van der Waals surface area (Å²) in [5.41, 5.74) is 0.472. The fraction of sp³-hybridized carbons (Fsp3) is 0.333. The minimum atomic E-state index is -0.870. The van der Waals surface area contributed by atoms with Crippen LogP contribution in [0.3, 0.4) is 0 Å². The van der Waals surface area contributed by atoms with Gasteiger partial charge in [0.15, 0.2) is 0 Å². The van der Waals surface area contributed by atoms with Gasteiger partial charge in [-0.25, -0.2) is 0 Å². The molecule has 1 N–H and O–H groups in total. The Morgan fingerprint density at radius 1 is 1.50 bits per heavy atom. The average molecular weight is 237 g/mol. The summed E-state index contributed by atoms with van der Waals surface area (Å²) in [4.78, 5) is 11.8. The highest BCUT2D eigenvalue weighted by Gasteiger charge is 2.20. The number of carbonyl (C=O) groups is 1. The van der Waals surface area contributed by atoms with E-state index in [2.05, 4.69) is 5.32 Å². The van der Waals surface area contributed by atoms with Crippen LogP contribution in [0.2, 0.25) is 5.02 Å². The van der Waals surface area contributed by atoms with Crippen molar-refractivity contribution >= 4 is 17.5 Å². The van der Waals surface area contributed by atoms with E-state index < -0.39 is 5.54 Å². The lowest BCUT2D eigenvalue weighted by atomic mass is 10.1. The van der Waals surface area contributed by atoms with E-state index in [0.29, 0.717) is 10.6 Å². The molecular weight excluding hydrogens is 224 g/mol. The molecule has 1 rings (SSSR count). The molecular formula is C12H13ClN2O. The largest absolute Gasteiger partial charge is 0.334 e. The molecule has 16 heavy (non-hydrogen) atoms. The van der Waals surface area contributed by atoms with Crippen LogP contribution in [0.1, 0.15) is 29.8 Å². The number of aryl methyl sites for hydroxylation is 1. The van der Waals surface area contributed by atoms with Crippen LogP contribution in [0.4, 0.5) is 0 Å². The molecule has 4 heteroatoms. The van der Waals surface area contributed by atoms with Gasteiger partial charge in [0, 0.05) is 10.6 Å². The topological polar surface area (TPSA) is 52.9 Å². The van der Waals surface area contributed by atoms with Crippen molar-refractivity contribution in [3.05, 3.63) is 34.3 Å². The zero-order chi connectivity index (χ0) is 12.3. The second-order valence-electron chi connectivity index (χ2n) is 4.15. The van der Waals surface area contributed by atoms with Crippen LogP contribution in [-0.4, -0.2) is 11.4 Å². The Hall–Kier alpha value is -1.53. The van der Waals surface area contributed by atoms with Crippen LogP contribution in [0.25, 0.3) is 0 Å². The lowest BCUT2D eigenvalue weighted by Crippen LogP contribution is -2.42. The van der Waals surface area contributed by atoms with E-state index in [4.69, 9.17) is 16.9 Å². The molecule has 0 spiro atoms. The van der Waals surface area contributed by atoms with Crippen molar-refractivity contribution in [2.45, 2.75) is 26.3 Å². The van der Waals surface area contributed by atoms with Crippen molar-refractivity contribution in [1.29, 1.82) is 5.26 Å². The molecule has 0 saturated heterocycles. The molecule has 1 aromatic carbocycles. The van der Waals surface area contributed by atoms with Gasteiger partial charge in [0.25, 0.3) is 5.91 Å². The smallest absolute Gasteiger partial charge is 0.252 e. The average Bonchev–Trinajstić information content (AvgIpc) is 2.21. The maximum absolute atomic E-state index is 11.8. The third-order valence-electron chi connectivity index (χ3n) is 2.13. The van der Waals surface area contributed by atoms with Crippen molar-refractivity contribution < 1.29 is 4.79 Å². The third-order valence-corrected chi connectivity index (χ3v) is 2.55. The third kappa shape index (κ3) is 2.98. The number of amides is 1. The Kier molecular flexibility index (Phi) is 3.56. The summed E-state index contributed by atoms with van der Waals surface area (Å²) < 4.78 is 0. The van der Waals surface area contributed by atoms with Gasteiger partial charge >= 0.3 is 0 Å². The molecule has 0 saturated carbocycles. The lowest BCUT2D eigenvalue weighted by Gasteiger charge is -2.17. The number of nitriles is 1. The van der Waals surface area contributed by atoms with Gasteiger partial charge in [-0.15, -0.1) is 0 Å². The minimum absolute atomic E-state index is 0.272. The van der Waals surface area contributed by atoms with Gasteiger partial charge < -0.3 is 5.32 Å². The Morgan fingerprint density at radius 2 is 2.12 bits per heavy atom. The number of benzene rings is 1. The van der Waals surface area contributed by atoms with Gasteiger partial charge in [-0.3, -0.25) is 4.79 Å². The number of hydrogen-bond acceptors (Lipinski definition) is 2. The molecule has 0 fully saturated rings. The molecule has 84 valence electrons. The van der Waals surface area contributed by atoms with Crippen molar-refractivity contribution in [3.63, 3.8) is 0 Å². The van der Waals surface area contributed by atoms with Crippen molar-refractivity contribution in [2.75, 3.05) is 0 Å². The normalized spacial score (nSPS) is 10.7. The Labute approximate surface area is 100 Å². The number of carbonyl (C=O) groups excluding carboxylic acids is 1. The monoisotopic (exact) mass is 236 g/mol. The lowest BCUT2D eigenvalue weighted by molar-refractivity contribution is 0.0929. The second-order valence-corrected chi connectivity index (χ2v) is 4.56. The van der Waals surface area contributed by atoms with Gasteiger partial charge in [-0.2, -0.15) is 5.26 Å². The van der Waals surface area contributed by atoms with Gasteiger partial charge in [0.2, 0.25) is 0 Å². The summed E-state index contributed by atoms with van der Waals surface area (Å²) in [7, 11) is 0. The highest BCUT2D eigenvalue weighted by atomic mass is 35.5. The fourth-order valence-electron chi connectivity index (χ4n) is 1.17. The van der Waals surface area contributed by atoms with E-state index in [9.17, 15) is 4.79 Å². The summed E-state index contributed by atoms with van der Waals surface area (Å²) in [5.74, 6) is -0.272. The number of nitrogens with zero attached hydrogens (tertiary/aromatic N) is 1. The van der Waals surface area contributed by atoms with Crippen LogP contribution in [0.15, 0.2) is 18.2 Å². The molecule has 0 atom stereocenters. The molecule has 3 nitrogen and oxygen atoms in total. The molecule has 0 aliphatic heterocycles. The number of hydrogen-bond donors (Lipinski definition) is 1. The highest BCUT2D eigenvalue weighted by Crippen LogP contribution is 2.16. The van der Waals surface area contributed by atoms with Gasteiger partial charge in [-0.1, -0.05) is 11.6 Å². The summed E-state index contributed by atoms with van der Waals surface area (Å²) in [6, 6.07) is 7.02. The zero-order valence-electron chi connectivity index (χ0n) is 9.47. The molecule has 0 aliphatic carbocycles. The maximum atomic E-state index is 11.8. The second kappa shape index (κ2) is 4.54. The van der Waals surface area contributed by atoms with E-state index >= 15 is 0 Å². The van der Waals surface area contributed by atoms with Gasteiger partial charge in [-0.05, 0) is 44.5 Å². The first-order valence-corrected chi connectivity index (χ1v) is 5.23. The van der Waals surface area contributed by atoms with E-state index in [1.807, 2.05) is 13.0 Å². The van der Waals surface area contributed by atoms with Crippen LogP contribution in [0.5, 0.6) is 0 Å². The SMILES string of the molecule is Cc1cc(C(=O)NC(C)(C)C#N)ccc1Cl. The van der Waals surface area contributed by atoms with Crippen molar-refractivity contribution in [1.82, 2.24) is 5.32 Å². The molecule has 0 unspecified atom stereocenters. The van der Waals surface area contributed by atoms with Crippen LogP contribution in [0, 0.1) is 18.3 Å². The first kappa shape index (κ1) is 12.5. The summed E-state index contributed by atoms with van der Waals surface area (Å²) in [5, 5.41) is 12.0. The molecule has 0 aromatic heterocycles. The summed E-state index contributed by atoms with van der Waals surface area (Å²) >= 11 is 5.86. The molecule has 0 aliphatic rings. The van der Waals surface area contributed by atoms with Gasteiger partial charge in [0.1, 0.15) is 5.54 Å². The van der Waals surface area contributed by atoms with Crippen LogP contribution < -0.4 is 5.32 Å². The standard InChI is InChI=1S/C12H13ClN2O/c1-8-6-9(4-5-10(8)13)11(16)15-12(2,3)7-14/h4-6H,1-3H3,(H,15,16). The predicted molar refractivity (Wildman–Crippen MR) is 63.3 cm³/mol. The number of halogens is 1. The number of nitrogens with one attached hydrogen (secondary N) is 1. The predicted octanol–water partition coefficient (Wildman–Crippen LogP) is 2.68. The summed E-state index contributed by atoms with van der Waals surface area (Å²) in [6.07, 6.45) is 0. The van der Waals surface area contributed by atoms with Crippen LogP contribution >= 0.6 is 11.6 Å². The molecule has 1 aromatic rings. The Bertz CT molecular complexity index is 461. The highest BCUT2D eigenvalue weighted by molar-refractivity contribution is 6.31. The molecule has 0 heterocycles.